The lowest BCUT2D eigenvalue weighted by Gasteiger charge is -2.42. The number of hydrogen-bond donors (Lipinski definition) is 1. The quantitative estimate of drug-likeness (QED) is 0.731. The van der Waals surface area contributed by atoms with Crippen molar-refractivity contribution >= 4 is 22.8 Å². The number of rotatable bonds is 3. The lowest BCUT2D eigenvalue weighted by Crippen LogP contribution is -2.56. The molecule has 2 bridgehead atoms. The molecule has 148 valence electrons. The predicted octanol–water partition coefficient (Wildman–Crippen LogP) is 1.95. The third kappa shape index (κ3) is 2.67. The number of anilines is 1. The van der Waals surface area contributed by atoms with E-state index >= 15 is 0 Å². The molecule has 3 fully saturated rings. The van der Waals surface area contributed by atoms with E-state index < -0.39 is 12.1 Å². The minimum absolute atomic E-state index is 0.0125. The van der Waals surface area contributed by atoms with E-state index in [1.54, 1.807) is 18.6 Å². The van der Waals surface area contributed by atoms with Gasteiger partial charge in [-0.3, -0.25) is 4.79 Å². The molecule has 29 heavy (non-hydrogen) atoms. The van der Waals surface area contributed by atoms with Gasteiger partial charge in [-0.15, -0.1) is 0 Å². The minimum atomic E-state index is -0.939. The highest BCUT2D eigenvalue weighted by Crippen LogP contribution is 2.41. The molecule has 6 rings (SSSR count). The topological polar surface area (TPSA) is 90.9 Å². The molecule has 3 aliphatic rings. The van der Waals surface area contributed by atoms with E-state index in [0.29, 0.717) is 17.9 Å². The molecule has 3 aromatic heterocycles. The van der Waals surface area contributed by atoms with E-state index in [4.69, 9.17) is 0 Å². The molecule has 4 atom stereocenters. The Hall–Kier alpha value is -3.10. The van der Waals surface area contributed by atoms with Gasteiger partial charge in [0.2, 0.25) is 5.91 Å². The molecule has 3 aromatic rings. The number of nitrogens with zero attached hydrogens (tertiary/aromatic N) is 6. The first-order valence-electron chi connectivity index (χ1n) is 10.0. The van der Waals surface area contributed by atoms with Crippen LogP contribution in [0.5, 0.6) is 0 Å². The van der Waals surface area contributed by atoms with Crippen molar-refractivity contribution in [1.29, 1.82) is 0 Å². The second-order valence-electron chi connectivity index (χ2n) is 8.14. The number of pyridine rings is 1. The summed E-state index contributed by atoms with van der Waals surface area (Å²) in [5.74, 6) is 0.314. The molecular formula is C20H20FN7O. The molecule has 2 unspecified atom stereocenters. The van der Waals surface area contributed by atoms with Crippen LogP contribution in [0.1, 0.15) is 19.3 Å². The molecule has 9 heteroatoms. The van der Waals surface area contributed by atoms with Gasteiger partial charge in [0, 0.05) is 36.9 Å². The van der Waals surface area contributed by atoms with Crippen molar-refractivity contribution in [1.82, 2.24) is 30.0 Å². The van der Waals surface area contributed by atoms with Gasteiger partial charge >= 0.3 is 0 Å². The van der Waals surface area contributed by atoms with Crippen LogP contribution in [0.2, 0.25) is 0 Å². The molecule has 1 aliphatic carbocycles. The summed E-state index contributed by atoms with van der Waals surface area (Å²) in [5.41, 5.74) is 3.42. The molecule has 0 spiro atoms. The number of aromatic amines is 1. The molecule has 1 saturated carbocycles. The first-order valence-corrected chi connectivity index (χ1v) is 10.0. The van der Waals surface area contributed by atoms with Gasteiger partial charge in [-0.1, -0.05) is 0 Å². The summed E-state index contributed by atoms with van der Waals surface area (Å²) in [6, 6.07) is 4.13. The number of hydrogen-bond acceptors (Lipinski definition) is 6. The number of carbonyl (C=O) groups excluding carboxylic acids is 1. The highest BCUT2D eigenvalue weighted by atomic mass is 19.1. The van der Waals surface area contributed by atoms with Crippen molar-refractivity contribution in [3.05, 3.63) is 30.7 Å². The van der Waals surface area contributed by atoms with E-state index in [-0.39, 0.29) is 18.0 Å². The number of imidazole rings is 1. The Bertz CT molecular complexity index is 1070. The second-order valence-corrected chi connectivity index (χ2v) is 8.14. The van der Waals surface area contributed by atoms with Crippen molar-refractivity contribution in [3.8, 4) is 11.4 Å². The SMILES string of the molecule is O=C([C@@H]1C[C@H]1F)N1C2CCC1CN(c1ccnc3nc(-c4ccnnc4)[nH]c13)C2. The fourth-order valence-electron chi connectivity index (χ4n) is 4.80. The number of H-pyrrole nitrogens is 1. The Balaban J connectivity index is 1.31. The molecule has 2 saturated heterocycles. The lowest BCUT2D eigenvalue weighted by molar-refractivity contribution is -0.136. The Labute approximate surface area is 166 Å². The van der Waals surface area contributed by atoms with Crippen molar-refractivity contribution in [2.45, 2.75) is 37.5 Å². The number of alkyl halides is 1. The number of carbonyl (C=O) groups is 1. The number of nitrogens with one attached hydrogen (secondary N) is 1. The zero-order valence-electron chi connectivity index (χ0n) is 15.7. The van der Waals surface area contributed by atoms with Gasteiger partial charge in [0.05, 0.1) is 24.0 Å². The average Bonchev–Trinajstić information content (AvgIpc) is 3.21. The summed E-state index contributed by atoms with van der Waals surface area (Å²) in [4.78, 5) is 29.4. The van der Waals surface area contributed by atoms with Gasteiger partial charge in [0.1, 0.15) is 17.5 Å². The maximum absolute atomic E-state index is 13.4. The molecule has 1 N–H and O–H groups in total. The van der Waals surface area contributed by atoms with Crippen LogP contribution in [0.3, 0.4) is 0 Å². The Morgan fingerprint density at radius 1 is 1.14 bits per heavy atom. The summed E-state index contributed by atoms with van der Waals surface area (Å²) >= 11 is 0. The summed E-state index contributed by atoms with van der Waals surface area (Å²) in [5, 5.41) is 7.73. The van der Waals surface area contributed by atoms with Crippen molar-refractivity contribution < 1.29 is 9.18 Å². The Kier molecular flexibility index (Phi) is 3.60. The van der Waals surface area contributed by atoms with Gasteiger partial charge < -0.3 is 14.8 Å². The van der Waals surface area contributed by atoms with Crippen LogP contribution in [0.15, 0.2) is 30.7 Å². The Morgan fingerprint density at radius 3 is 2.62 bits per heavy atom. The third-order valence-corrected chi connectivity index (χ3v) is 6.33. The van der Waals surface area contributed by atoms with Gasteiger partial charge in [-0.05, 0) is 31.4 Å². The number of aromatic nitrogens is 5. The van der Waals surface area contributed by atoms with E-state index in [1.807, 2.05) is 17.0 Å². The largest absolute Gasteiger partial charge is 0.366 e. The van der Waals surface area contributed by atoms with Crippen LogP contribution < -0.4 is 4.90 Å². The normalized spacial score (nSPS) is 28.2. The number of fused-ring (bicyclic) bond motifs is 3. The maximum atomic E-state index is 13.4. The summed E-state index contributed by atoms with van der Waals surface area (Å²) < 4.78 is 13.4. The molecule has 1 amide bonds. The van der Waals surface area contributed by atoms with Crippen LogP contribution in [0, 0.1) is 5.92 Å². The fourth-order valence-corrected chi connectivity index (χ4v) is 4.80. The molecular weight excluding hydrogens is 373 g/mol. The molecule has 5 heterocycles. The smallest absolute Gasteiger partial charge is 0.229 e. The van der Waals surface area contributed by atoms with Crippen LogP contribution in [0.25, 0.3) is 22.6 Å². The molecule has 2 aliphatic heterocycles. The van der Waals surface area contributed by atoms with E-state index in [1.165, 1.54) is 0 Å². The standard InChI is InChI=1S/C20H20FN7O/c21-15-7-14(15)20(29)28-12-1-2-13(28)10-27(9-12)16-4-5-22-19-17(16)25-18(26-19)11-3-6-23-24-8-11/h3-6,8,12-15H,1-2,7,9-10H2,(H,22,25,26)/t12?,13?,14-,15-/m1/s1. The first-order chi connectivity index (χ1) is 14.2. The highest BCUT2D eigenvalue weighted by Gasteiger charge is 2.51. The number of piperazine rings is 1. The monoisotopic (exact) mass is 393 g/mol. The minimum Gasteiger partial charge on any atom is -0.366 e. The summed E-state index contributed by atoms with van der Waals surface area (Å²) in [6.07, 6.45) is 6.47. The summed E-state index contributed by atoms with van der Waals surface area (Å²) in [7, 11) is 0. The Morgan fingerprint density at radius 2 is 1.93 bits per heavy atom. The zero-order chi connectivity index (χ0) is 19.5. The van der Waals surface area contributed by atoms with Crippen LogP contribution >= 0.6 is 0 Å². The van der Waals surface area contributed by atoms with Crippen LogP contribution in [-0.4, -0.2) is 67.3 Å². The molecule has 0 radical (unpaired) electrons. The second kappa shape index (κ2) is 6.20. The highest BCUT2D eigenvalue weighted by molar-refractivity contribution is 5.89. The number of halogens is 1. The van der Waals surface area contributed by atoms with E-state index in [0.717, 1.165) is 42.7 Å². The maximum Gasteiger partial charge on any atom is 0.229 e. The molecule has 0 aromatic carbocycles. The van der Waals surface area contributed by atoms with Gasteiger partial charge in [-0.25, -0.2) is 14.4 Å². The van der Waals surface area contributed by atoms with Crippen LogP contribution in [-0.2, 0) is 4.79 Å². The summed E-state index contributed by atoms with van der Waals surface area (Å²) in [6.45, 7) is 1.49. The van der Waals surface area contributed by atoms with Gasteiger partial charge in [-0.2, -0.15) is 10.2 Å². The van der Waals surface area contributed by atoms with Crippen LogP contribution in [0.4, 0.5) is 10.1 Å². The number of amides is 1. The first kappa shape index (κ1) is 16.8. The third-order valence-electron chi connectivity index (χ3n) is 6.33. The van der Waals surface area contributed by atoms with Crippen molar-refractivity contribution in [3.63, 3.8) is 0 Å². The van der Waals surface area contributed by atoms with Gasteiger partial charge in [0.15, 0.2) is 5.65 Å². The molecule has 8 nitrogen and oxygen atoms in total. The van der Waals surface area contributed by atoms with Crippen molar-refractivity contribution in [2.24, 2.45) is 5.92 Å². The average molecular weight is 393 g/mol. The van der Waals surface area contributed by atoms with Gasteiger partial charge in [0.25, 0.3) is 0 Å². The van der Waals surface area contributed by atoms with E-state index in [2.05, 4.69) is 30.0 Å². The predicted molar refractivity (Wildman–Crippen MR) is 104 cm³/mol. The fraction of sp³-hybridized carbons (Fsp3) is 0.450. The zero-order valence-corrected chi connectivity index (χ0v) is 15.7. The van der Waals surface area contributed by atoms with E-state index in [9.17, 15) is 9.18 Å². The lowest BCUT2D eigenvalue weighted by atomic mass is 10.1. The van der Waals surface area contributed by atoms with Crippen molar-refractivity contribution in [2.75, 3.05) is 18.0 Å².